The van der Waals surface area contributed by atoms with Crippen LogP contribution in [0, 0.1) is 5.92 Å². The van der Waals surface area contributed by atoms with Gasteiger partial charge in [0.1, 0.15) is 5.75 Å². The van der Waals surface area contributed by atoms with Crippen LogP contribution in [0.5, 0.6) is 5.75 Å². The Bertz CT molecular complexity index is 369. The summed E-state index contributed by atoms with van der Waals surface area (Å²) < 4.78 is 5.38. The van der Waals surface area contributed by atoms with Crippen molar-refractivity contribution in [2.75, 3.05) is 20.2 Å². The summed E-state index contributed by atoms with van der Waals surface area (Å²) in [5.74, 6) is 1.55. The predicted molar refractivity (Wildman–Crippen MR) is 71.7 cm³/mol. The minimum Gasteiger partial charge on any atom is -0.496 e. The lowest BCUT2D eigenvalue weighted by Crippen LogP contribution is -2.39. The molecule has 0 radical (unpaired) electrons. The van der Waals surface area contributed by atoms with Crippen molar-refractivity contribution in [3.63, 3.8) is 0 Å². The van der Waals surface area contributed by atoms with E-state index in [4.69, 9.17) is 16.3 Å². The minimum atomic E-state index is 0.337. The highest BCUT2D eigenvalue weighted by atomic mass is 35.5. The van der Waals surface area contributed by atoms with Gasteiger partial charge < -0.3 is 4.74 Å². The van der Waals surface area contributed by atoms with Crippen molar-refractivity contribution in [2.24, 2.45) is 5.92 Å². The molecule has 2 atom stereocenters. The standard InChI is InChI=1S/C14H20ClNO/c1-11-9-16(8-7-13(11)15)10-12-5-3-4-6-14(12)17-2/h3-6,11,13H,7-10H2,1-2H3. The molecule has 0 aromatic heterocycles. The van der Waals surface area contributed by atoms with E-state index in [-0.39, 0.29) is 0 Å². The Labute approximate surface area is 109 Å². The van der Waals surface area contributed by atoms with Gasteiger partial charge in [0.15, 0.2) is 0 Å². The molecule has 1 saturated heterocycles. The molecule has 0 amide bonds. The molecule has 3 heteroatoms. The Morgan fingerprint density at radius 2 is 2.18 bits per heavy atom. The number of likely N-dealkylation sites (tertiary alicyclic amines) is 1. The number of hydrogen-bond acceptors (Lipinski definition) is 2. The van der Waals surface area contributed by atoms with Crippen molar-refractivity contribution in [3.05, 3.63) is 29.8 Å². The number of rotatable bonds is 3. The van der Waals surface area contributed by atoms with E-state index in [0.29, 0.717) is 11.3 Å². The summed E-state index contributed by atoms with van der Waals surface area (Å²) in [7, 11) is 1.73. The van der Waals surface area contributed by atoms with Gasteiger partial charge >= 0.3 is 0 Å². The molecule has 0 spiro atoms. The van der Waals surface area contributed by atoms with Crippen molar-refractivity contribution in [3.8, 4) is 5.75 Å². The van der Waals surface area contributed by atoms with E-state index < -0.39 is 0 Å². The maximum atomic E-state index is 6.24. The lowest BCUT2D eigenvalue weighted by Gasteiger charge is -2.34. The highest BCUT2D eigenvalue weighted by molar-refractivity contribution is 6.20. The van der Waals surface area contributed by atoms with E-state index in [1.165, 1.54) is 5.56 Å². The van der Waals surface area contributed by atoms with Gasteiger partial charge in [-0.15, -0.1) is 11.6 Å². The first kappa shape index (κ1) is 12.7. The molecule has 1 heterocycles. The second-order valence-electron chi connectivity index (χ2n) is 4.83. The van der Waals surface area contributed by atoms with Gasteiger partial charge in [0.05, 0.1) is 7.11 Å². The first-order valence-electron chi connectivity index (χ1n) is 6.19. The molecule has 0 saturated carbocycles. The number of hydrogen-bond donors (Lipinski definition) is 0. The number of benzene rings is 1. The molecule has 1 aromatic carbocycles. The fourth-order valence-electron chi connectivity index (χ4n) is 2.42. The highest BCUT2D eigenvalue weighted by Crippen LogP contribution is 2.25. The van der Waals surface area contributed by atoms with E-state index in [1.807, 2.05) is 12.1 Å². The van der Waals surface area contributed by atoms with Gasteiger partial charge in [-0.05, 0) is 24.9 Å². The van der Waals surface area contributed by atoms with Crippen LogP contribution >= 0.6 is 11.6 Å². The predicted octanol–water partition coefficient (Wildman–Crippen LogP) is 3.14. The molecule has 2 unspecified atom stereocenters. The molecule has 0 bridgehead atoms. The number of piperidine rings is 1. The van der Waals surface area contributed by atoms with Gasteiger partial charge in [0.2, 0.25) is 0 Å². The maximum Gasteiger partial charge on any atom is 0.123 e. The Balaban J connectivity index is 2.01. The first-order chi connectivity index (χ1) is 8.20. The molecule has 94 valence electrons. The van der Waals surface area contributed by atoms with Crippen molar-refractivity contribution in [2.45, 2.75) is 25.3 Å². The van der Waals surface area contributed by atoms with Crippen molar-refractivity contribution >= 4 is 11.6 Å². The Hall–Kier alpha value is -0.730. The fourth-order valence-corrected chi connectivity index (χ4v) is 2.60. The van der Waals surface area contributed by atoms with Gasteiger partial charge in [0.25, 0.3) is 0 Å². The number of halogens is 1. The summed E-state index contributed by atoms with van der Waals surface area (Å²) >= 11 is 6.24. The van der Waals surface area contributed by atoms with Gasteiger partial charge in [-0.3, -0.25) is 4.90 Å². The van der Waals surface area contributed by atoms with E-state index >= 15 is 0 Å². The zero-order valence-corrected chi connectivity index (χ0v) is 11.3. The molecule has 17 heavy (non-hydrogen) atoms. The number of para-hydroxylation sites is 1. The van der Waals surface area contributed by atoms with Crippen LogP contribution in [0.1, 0.15) is 18.9 Å². The average molecular weight is 254 g/mol. The summed E-state index contributed by atoms with van der Waals surface area (Å²) in [4.78, 5) is 2.46. The summed E-state index contributed by atoms with van der Waals surface area (Å²) in [6, 6.07) is 8.23. The normalized spacial score (nSPS) is 25.8. The lowest BCUT2D eigenvalue weighted by atomic mass is 9.99. The SMILES string of the molecule is COc1ccccc1CN1CCC(Cl)C(C)C1. The van der Waals surface area contributed by atoms with Gasteiger partial charge in [0, 0.05) is 24.0 Å². The van der Waals surface area contributed by atoms with Gasteiger partial charge in [-0.2, -0.15) is 0 Å². The number of alkyl halides is 1. The molecule has 0 aliphatic carbocycles. The van der Waals surface area contributed by atoms with Crippen LogP contribution in [-0.4, -0.2) is 30.5 Å². The van der Waals surface area contributed by atoms with Crippen LogP contribution in [0.25, 0.3) is 0 Å². The quantitative estimate of drug-likeness (QED) is 0.768. The second kappa shape index (κ2) is 5.74. The monoisotopic (exact) mass is 253 g/mol. The van der Waals surface area contributed by atoms with Crippen LogP contribution in [0.4, 0.5) is 0 Å². The number of ether oxygens (including phenoxy) is 1. The van der Waals surface area contributed by atoms with Crippen molar-refractivity contribution in [1.82, 2.24) is 4.90 Å². The zero-order chi connectivity index (χ0) is 12.3. The maximum absolute atomic E-state index is 6.24. The van der Waals surface area contributed by atoms with Crippen LogP contribution < -0.4 is 4.74 Å². The largest absolute Gasteiger partial charge is 0.496 e. The fraction of sp³-hybridized carbons (Fsp3) is 0.571. The van der Waals surface area contributed by atoms with E-state index in [9.17, 15) is 0 Å². The Morgan fingerprint density at radius 1 is 1.41 bits per heavy atom. The van der Waals surface area contributed by atoms with Gasteiger partial charge in [-0.1, -0.05) is 25.1 Å². The third kappa shape index (κ3) is 3.14. The van der Waals surface area contributed by atoms with Gasteiger partial charge in [-0.25, -0.2) is 0 Å². The minimum absolute atomic E-state index is 0.337. The number of nitrogens with zero attached hydrogens (tertiary/aromatic N) is 1. The van der Waals surface area contributed by atoms with Crippen LogP contribution in [0.2, 0.25) is 0 Å². The smallest absolute Gasteiger partial charge is 0.123 e. The molecule has 2 nitrogen and oxygen atoms in total. The Kier molecular flexibility index (Phi) is 4.30. The summed E-state index contributed by atoms with van der Waals surface area (Å²) in [5.41, 5.74) is 1.26. The summed E-state index contributed by atoms with van der Waals surface area (Å²) in [5, 5.41) is 0.337. The first-order valence-corrected chi connectivity index (χ1v) is 6.62. The molecule has 1 fully saturated rings. The third-order valence-electron chi connectivity index (χ3n) is 3.47. The lowest BCUT2D eigenvalue weighted by molar-refractivity contribution is 0.178. The molecule has 0 N–H and O–H groups in total. The van der Waals surface area contributed by atoms with Crippen LogP contribution in [0.15, 0.2) is 24.3 Å². The number of methoxy groups -OCH3 is 1. The molecular weight excluding hydrogens is 234 g/mol. The highest BCUT2D eigenvalue weighted by Gasteiger charge is 2.24. The van der Waals surface area contributed by atoms with Crippen LogP contribution in [-0.2, 0) is 6.54 Å². The van der Waals surface area contributed by atoms with Crippen molar-refractivity contribution in [1.29, 1.82) is 0 Å². The molecule has 1 aliphatic heterocycles. The summed E-state index contributed by atoms with van der Waals surface area (Å²) in [6.45, 7) is 5.34. The topological polar surface area (TPSA) is 12.5 Å². The molecular formula is C14H20ClNO. The Morgan fingerprint density at radius 3 is 2.88 bits per heavy atom. The van der Waals surface area contributed by atoms with E-state index in [2.05, 4.69) is 24.0 Å². The molecule has 2 rings (SSSR count). The summed E-state index contributed by atoms with van der Waals surface area (Å²) in [6.07, 6.45) is 1.08. The van der Waals surface area contributed by atoms with Crippen LogP contribution in [0.3, 0.4) is 0 Å². The van der Waals surface area contributed by atoms with E-state index in [0.717, 1.165) is 31.8 Å². The molecule has 1 aliphatic rings. The second-order valence-corrected chi connectivity index (χ2v) is 5.39. The third-order valence-corrected chi connectivity index (χ3v) is 4.12. The average Bonchev–Trinajstić information content (AvgIpc) is 2.34. The molecule has 1 aromatic rings. The van der Waals surface area contributed by atoms with Crippen molar-refractivity contribution < 1.29 is 4.74 Å². The zero-order valence-electron chi connectivity index (χ0n) is 10.5. The van der Waals surface area contributed by atoms with E-state index in [1.54, 1.807) is 7.11 Å².